The molecule has 0 saturated carbocycles. The van der Waals surface area contributed by atoms with Crippen LogP contribution in [0.2, 0.25) is 0 Å². The van der Waals surface area contributed by atoms with Gasteiger partial charge in [-0.1, -0.05) is 98.8 Å². The van der Waals surface area contributed by atoms with Crippen molar-refractivity contribution in [3.8, 4) is 23.5 Å². The van der Waals surface area contributed by atoms with E-state index >= 15 is 0 Å². The summed E-state index contributed by atoms with van der Waals surface area (Å²) in [5, 5.41) is 31.0. The lowest BCUT2D eigenvalue weighted by Gasteiger charge is -2.24. The Kier molecular flexibility index (Phi) is 6.25. The molecule has 0 atom stereocenters. The zero-order chi connectivity index (χ0) is 36.2. The quantitative estimate of drug-likeness (QED) is 0.184. The van der Waals surface area contributed by atoms with Gasteiger partial charge in [-0.2, -0.15) is 10.5 Å². The molecule has 11 rings (SSSR count). The minimum atomic E-state index is 0.472. The number of hydrogen-bond donors (Lipinski definition) is 0. The highest BCUT2D eigenvalue weighted by Gasteiger charge is 2.30. The molecule has 54 heavy (non-hydrogen) atoms. The number of nitriles is 2. The van der Waals surface area contributed by atoms with Crippen molar-refractivity contribution >= 4 is 87.5 Å². The predicted molar refractivity (Wildman–Crippen MR) is 218 cm³/mol. The minimum Gasteiger partial charge on any atom is -0.454 e. The summed E-state index contributed by atoms with van der Waals surface area (Å²) in [6.07, 6.45) is 1.12. The first-order valence-corrected chi connectivity index (χ1v) is 18.4. The van der Waals surface area contributed by atoms with E-state index in [1.54, 1.807) is 0 Å². The fraction of sp³-hybridized carbons (Fsp3) is 0.0833. The number of hydrogen-bond acceptors (Lipinski definition) is 4. The van der Waals surface area contributed by atoms with Crippen LogP contribution in [0.5, 0.6) is 0 Å². The molecule has 0 fully saturated rings. The topological polar surface area (TPSA) is 83.7 Å². The molecule has 0 spiro atoms. The molecule has 0 bridgehead atoms. The van der Waals surface area contributed by atoms with Gasteiger partial charge < -0.3 is 18.0 Å². The fourth-order valence-corrected chi connectivity index (χ4v) is 9.18. The standard InChI is InChI=1S/C48H30N4O2/c1-3-27-37(25-49)44(52-40-18-10-6-14-30(40)34-22-24-36-32-16-8-12-20-42(32)54-48(36)46(34)52)38(26-50)28(4-2)43(27)51-39-17-9-5-13-29(39)33-21-23-35-31-15-7-11-19-41(31)53-47(35)45(33)51/h5-24H,3-4H2,1-2H3. The second-order valence-corrected chi connectivity index (χ2v) is 13.9. The average molecular weight is 695 g/mol. The van der Waals surface area contributed by atoms with Gasteiger partial charge in [0.25, 0.3) is 0 Å². The van der Waals surface area contributed by atoms with Gasteiger partial charge in [0.15, 0.2) is 11.2 Å². The van der Waals surface area contributed by atoms with E-state index in [1.165, 1.54) is 0 Å². The van der Waals surface area contributed by atoms with Gasteiger partial charge in [0.2, 0.25) is 0 Å². The van der Waals surface area contributed by atoms with Crippen LogP contribution in [0.15, 0.2) is 130 Å². The third-order valence-electron chi connectivity index (χ3n) is 11.4. The molecule has 4 heterocycles. The van der Waals surface area contributed by atoms with Crippen LogP contribution in [0.25, 0.3) is 98.9 Å². The van der Waals surface area contributed by atoms with Crippen LogP contribution in [-0.4, -0.2) is 9.13 Å². The molecular weight excluding hydrogens is 665 g/mol. The highest BCUT2D eigenvalue weighted by molar-refractivity contribution is 6.23. The number of rotatable bonds is 4. The average Bonchev–Trinajstić information content (AvgIpc) is 3.97. The van der Waals surface area contributed by atoms with E-state index < -0.39 is 0 Å². The van der Waals surface area contributed by atoms with E-state index in [4.69, 9.17) is 8.83 Å². The molecule has 4 aromatic heterocycles. The summed E-state index contributed by atoms with van der Waals surface area (Å²) in [7, 11) is 0. The number of furan rings is 2. The molecule has 0 saturated heterocycles. The Labute approximate surface area is 308 Å². The zero-order valence-electron chi connectivity index (χ0n) is 29.6. The summed E-state index contributed by atoms with van der Waals surface area (Å²) < 4.78 is 17.7. The minimum absolute atomic E-state index is 0.472. The van der Waals surface area contributed by atoms with Gasteiger partial charge in [0, 0.05) is 43.1 Å². The van der Waals surface area contributed by atoms with Gasteiger partial charge in [-0.3, -0.25) is 0 Å². The van der Waals surface area contributed by atoms with Crippen LogP contribution in [0, 0.1) is 22.7 Å². The van der Waals surface area contributed by atoms with Crippen molar-refractivity contribution < 1.29 is 8.83 Å². The Morgan fingerprint density at radius 2 is 0.833 bits per heavy atom. The maximum atomic E-state index is 11.4. The molecular formula is C48H30N4O2. The van der Waals surface area contributed by atoms with Crippen LogP contribution in [-0.2, 0) is 12.8 Å². The first-order valence-electron chi connectivity index (χ1n) is 18.4. The Morgan fingerprint density at radius 3 is 1.28 bits per heavy atom. The van der Waals surface area contributed by atoms with Crippen molar-refractivity contribution in [1.82, 2.24) is 9.13 Å². The van der Waals surface area contributed by atoms with Crippen LogP contribution < -0.4 is 0 Å². The number of fused-ring (bicyclic) bond motifs is 14. The smallest absolute Gasteiger partial charge is 0.160 e. The third kappa shape index (κ3) is 3.76. The third-order valence-corrected chi connectivity index (χ3v) is 11.4. The molecule has 0 unspecified atom stereocenters. The molecule has 11 aromatic rings. The van der Waals surface area contributed by atoms with Crippen LogP contribution in [0.1, 0.15) is 36.1 Å². The van der Waals surface area contributed by atoms with Crippen molar-refractivity contribution in [3.63, 3.8) is 0 Å². The first-order chi connectivity index (χ1) is 26.7. The van der Waals surface area contributed by atoms with Crippen LogP contribution >= 0.6 is 0 Å². The molecule has 7 aromatic carbocycles. The second kappa shape index (κ2) is 11.1. The highest BCUT2D eigenvalue weighted by Crippen LogP contribution is 2.46. The maximum Gasteiger partial charge on any atom is 0.160 e. The number of nitrogens with zero attached hydrogens (tertiary/aromatic N) is 4. The molecule has 0 amide bonds. The summed E-state index contributed by atoms with van der Waals surface area (Å²) >= 11 is 0. The predicted octanol–water partition coefficient (Wildman–Crippen LogP) is 12.5. The second-order valence-electron chi connectivity index (χ2n) is 13.9. The van der Waals surface area contributed by atoms with Gasteiger partial charge in [0.1, 0.15) is 23.3 Å². The Balaban J connectivity index is 1.35. The lowest BCUT2D eigenvalue weighted by Crippen LogP contribution is -2.13. The molecule has 254 valence electrons. The number of benzene rings is 7. The molecule has 0 aliphatic rings. The lowest BCUT2D eigenvalue weighted by molar-refractivity contribution is 0.670. The lowest BCUT2D eigenvalue weighted by atomic mass is 9.90. The van der Waals surface area contributed by atoms with E-state index in [1.807, 2.05) is 54.6 Å². The largest absolute Gasteiger partial charge is 0.454 e. The van der Waals surface area contributed by atoms with Crippen molar-refractivity contribution in [2.45, 2.75) is 26.7 Å². The van der Waals surface area contributed by atoms with Gasteiger partial charge in [0.05, 0.1) is 44.6 Å². The van der Waals surface area contributed by atoms with Gasteiger partial charge in [-0.25, -0.2) is 0 Å². The Morgan fingerprint density at radius 1 is 0.444 bits per heavy atom. The normalized spacial score (nSPS) is 12.0. The van der Waals surface area contributed by atoms with Crippen molar-refractivity contribution in [1.29, 1.82) is 10.5 Å². The van der Waals surface area contributed by atoms with Crippen LogP contribution in [0.3, 0.4) is 0 Å². The van der Waals surface area contributed by atoms with Gasteiger partial charge in [-0.15, -0.1) is 0 Å². The molecule has 6 nitrogen and oxygen atoms in total. The summed E-state index contributed by atoms with van der Waals surface area (Å²) in [6, 6.07) is 46.7. The molecule has 0 aliphatic heterocycles. The molecule has 0 radical (unpaired) electrons. The fourth-order valence-electron chi connectivity index (χ4n) is 9.18. The summed E-state index contributed by atoms with van der Waals surface area (Å²) in [5.74, 6) is 0. The highest BCUT2D eigenvalue weighted by atomic mass is 16.3. The van der Waals surface area contributed by atoms with E-state index in [-0.39, 0.29) is 0 Å². The SMILES string of the molecule is CCc1c(C#N)c(-n2c3ccccc3c3ccc4c5ccccc5oc4c32)c(C#N)c(CC)c1-n1c2ccccc2c2ccc3c4ccccc4oc3c21. The number of para-hydroxylation sites is 4. The van der Waals surface area contributed by atoms with E-state index in [2.05, 4.69) is 102 Å². The summed E-state index contributed by atoms with van der Waals surface area (Å²) in [5.41, 5.74) is 10.9. The van der Waals surface area contributed by atoms with Gasteiger partial charge >= 0.3 is 0 Å². The van der Waals surface area contributed by atoms with Crippen molar-refractivity contribution in [3.05, 3.63) is 144 Å². The maximum absolute atomic E-state index is 11.4. The molecule has 6 heteroatoms. The molecule has 0 N–H and O–H groups in total. The first kappa shape index (κ1) is 30.4. The summed E-state index contributed by atoms with van der Waals surface area (Å²) in [6.45, 7) is 4.20. The van der Waals surface area contributed by atoms with E-state index in [0.717, 1.165) is 104 Å². The van der Waals surface area contributed by atoms with Crippen LogP contribution in [0.4, 0.5) is 0 Å². The van der Waals surface area contributed by atoms with Gasteiger partial charge in [-0.05, 0) is 60.4 Å². The molecule has 0 aliphatic carbocycles. The summed E-state index contributed by atoms with van der Waals surface area (Å²) in [4.78, 5) is 0. The Hall–Kier alpha value is -7.28. The monoisotopic (exact) mass is 694 g/mol. The zero-order valence-corrected chi connectivity index (χ0v) is 29.6. The van der Waals surface area contributed by atoms with Crippen molar-refractivity contribution in [2.24, 2.45) is 0 Å². The Bertz CT molecular complexity index is 3460. The number of aromatic nitrogens is 2. The van der Waals surface area contributed by atoms with E-state index in [9.17, 15) is 10.5 Å². The van der Waals surface area contributed by atoms with E-state index in [0.29, 0.717) is 29.7 Å². The van der Waals surface area contributed by atoms with Crippen molar-refractivity contribution in [2.75, 3.05) is 0 Å².